The Kier molecular flexibility index (Phi) is 5.23. The number of nitrogen functional groups attached to an aromatic ring is 1. The molecular formula is C14H17BrN2S. The van der Waals surface area contributed by atoms with Crippen LogP contribution in [0, 0.1) is 0 Å². The minimum Gasteiger partial charge on any atom is -0.399 e. The zero-order valence-corrected chi connectivity index (χ0v) is 12.6. The van der Waals surface area contributed by atoms with Crippen molar-refractivity contribution in [2.45, 2.75) is 19.4 Å². The van der Waals surface area contributed by atoms with Crippen LogP contribution in [-0.2, 0) is 13.0 Å². The molecule has 2 rings (SSSR count). The number of anilines is 1. The van der Waals surface area contributed by atoms with Gasteiger partial charge in [0.2, 0.25) is 0 Å². The van der Waals surface area contributed by atoms with Crippen molar-refractivity contribution in [2.75, 3.05) is 12.3 Å². The first-order chi connectivity index (χ1) is 8.74. The Hall–Kier alpha value is -0.840. The van der Waals surface area contributed by atoms with Gasteiger partial charge in [-0.05, 0) is 59.1 Å². The van der Waals surface area contributed by atoms with Crippen molar-refractivity contribution in [1.29, 1.82) is 0 Å². The maximum Gasteiger partial charge on any atom is 0.0314 e. The normalized spacial score (nSPS) is 10.7. The number of hydrogen-bond donors (Lipinski definition) is 2. The Morgan fingerprint density at radius 3 is 2.67 bits per heavy atom. The van der Waals surface area contributed by atoms with Gasteiger partial charge in [0.1, 0.15) is 0 Å². The Morgan fingerprint density at radius 2 is 2.00 bits per heavy atom. The molecule has 0 aliphatic heterocycles. The molecule has 1 aromatic carbocycles. The molecule has 2 aromatic rings. The molecule has 0 unspecified atom stereocenters. The molecule has 1 aromatic heterocycles. The third kappa shape index (κ3) is 4.44. The van der Waals surface area contributed by atoms with E-state index in [0.717, 1.165) is 31.6 Å². The molecule has 0 aliphatic carbocycles. The van der Waals surface area contributed by atoms with Crippen molar-refractivity contribution < 1.29 is 0 Å². The van der Waals surface area contributed by atoms with Crippen LogP contribution in [0.1, 0.15) is 16.9 Å². The highest BCUT2D eigenvalue weighted by Crippen LogP contribution is 2.19. The Morgan fingerprint density at radius 1 is 1.22 bits per heavy atom. The predicted octanol–water partition coefficient (Wildman–Crippen LogP) is 3.82. The van der Waals surface area contributed by atoms with Crippen LogP contribution < -0.4 is 11.1 Å². The van der Waals surface area contributed by atoms with Crippen molar-refractivity contribution >= 4 is 33.0 Å². The van der Waals surface area contributed by atoms with Crippen molar-refractivity contribution in [1.82, 2.24) is 5.32 Å². The summed E-state index contributed by atoms with van der Waals surface area (Å²) in [4.78, 5) is 1.37. The fraction of sp³-hybridized carbons (Fsp3) is 0.286. The Balaban J connectivity index is 1.63. The highest BCUT2D eigenvalue weighted by atomic mass is 79.9. The van der Waals surface area contributed by atoms with E-state index in [0.29, 0.717) is 0 Å². The Labute approximate surface area is 120 Å². The lowest BCUT2D eigenvalue weighted by Gasteiger charge is -2.04. The molecule has 3 N–H and O–H groups in total. The summed E-state index contributed by atoms with van der Waals surface area (Å²) in [6.45, 7) is 2.00. The number of nitrogens with two attached hydrogens (primary N) is 1. The fourth-order valence-electron chi connectivity index (χ4n) is 1.76. The molecule has 1 heterocycles. The van der Waals surface area contributed by atoms with Gasteiger partial charge in [0.25, 0.3) is 0 Å². The van der Waals surface area contributed by atoms with E-state index in [1.807, 2.05) is 12.1 Å². The van der Waals surface area contributed by atoms with Gasteiger partial charge in [-0.3, -0.25) is 0 Å². The molecule has 0 fully saturated rings. The van der Waals surface area contributed by atoms with E-state index >= 15 is 0 Å². The van der Waals surface area contributed by atoms with Gasteiger partial charge in [0, 0.05) is 27.0 Å². The molecule has 0 atom stereocenters. The van der Waals surface area contributed by atoms with E-state index in [2.05, 4.69) is 44.8 Å². The molecule has 18 heavy (non-hydrogen) atoms. The highest BCUT2D eigenvalue weighted by molar-refractivity contribution is 9.10. The zero-order valence-electron chi connectivity index (χ0n) is 10.2. The van der Waals surface area contributed by atoms with Crippen LogP contribution in [0.3, 0.4) is 0 Å². The number of hydrogen-bond acceptors (Lipinski definition) is 3. The topological polar surface area (TPSA) is 38.0 Å². The van der Waals surface area contributed by atoms with Crippen LogP contribution in [0.2, 0.25) is 0 Å². The lowest BCUT2D eigenvalue weighted by molar-refractivity contribution is 0.654. The van der Waals surface area contributed by atoms with Gasteiger partial charge < -0.3 is 11.1 Å². The van der Waals surface area contributed by atoms with Gasteiger partial charge >= 0.3 is 0 Å². The summed E-state index contributed by atoms with van der Waals surface area (Å²) in [6.07, 6.45) is 2.25. The van der Waals surface area contributed by atoms with Crippen LogP contribution in [0.25, 0.3) is 0 Å². The summed E-state index contributed by atoms with van der Waals surface area (Å²) in [7, 11) is 0. The largest absolute Gasteiger partial charge is 0.399 e. The molecule has 96 valence electrons. The minimum absolute atomic E-state index is 0.833. The summed E-state index contributed by atoms with van der Waals surface area (Å²) >= 11 is 5.25. The van der Waals surface area contributed by atoms with Gasteiger partial charge in [-0.1, -0.05) is 12.1 Å². The monoisotopic (exact) mass is 324 g/mol. The highest BCUT2D eigenvalue weighted by Gasteiger charge is 1.97. The molecule has 0 bridgehead atoms. The summed E-state index contributed by atoms with van der Waals surface area (Å²) < 4.78 is 1.17. The predicted molar refractivity (Wildman–Crippen MR) is 82.9 cm³/mol. The van der Waals surface area contributed by atoms with Crippen molar-refractivity contribution in [3.8, 4) is 0 Å². The molecule has 0 aliphatic rings. The van der Waals surface area contributed by atoms with Gasteiger partial charge in [-0.15, -0.1) is 11.3 Å². The van der Waals surface area contributed by atoms with Crippen molar-refractivity contribution in [3.63, 3.8) is 0 Å². The maximum atomic E-state index is 5.65. The van der Waals surface area contributed by atoms with Crippen LogP contribution in [0.15, 0.2) is 40.2 Å². The zero-order chi connectivity index (χ0) is 12.8. The third-order valence-electron chi connectivity index (χ3n) is 2.72. The van der Waals surface area contributed by atoms with E-state index in [4.69, 9.17) is 5.73 Å². The third-order valence-corrected chi connectivity index (χ3v) is 4.42. The molecule has 0 saturated heterocycles. The average Bonchev–Trinajstić information content (AvgIpc) is 2.77. The second-order valence-electron chi connectivity index (χ2n) is 4.25. The minimum atomic E-state index is 0.833. The summed E-state index contributed by atoms with van der Waals surface area (Å²) in [5.74, 6) is 0. The van der Waals surface area contributed by atoms with E-state index in [-0.39, 0.29) is 0 Å². The average molecular weight is 325 g/mol. The van der Waals surface area contributed by atoms with Crippen LogP contribution in [-0.4, -0.2) is 6.54 Å². The SMILES string of the molecule is Nc1ccc(CCCNCc2cc(Br)cs2)cc1. The lowest BCUT2D eigenvalue weighted by atomic mass is 10.1. The van der Waals surface area contributed by atoms with Gasteiger partial charge in [-0.25, -0.2) is 0 Å². The summed E-state index contributed by atoms with van der Waals surface area (Å²) in [6, 6.07) is 10.3. The van der Waals surface area contributed by atoms with E-state index < -0.39 is 0 Å². The second kappa shape index (κ2) is 6.92. The first kappa shape index (κ1) is 13.6. The number of benzene rings is 1. The van der Waals surface area contributed by atoms with Crippen LogP contribution in [0.5, 0.6) is 0 Å². The number of aryl methyl sites for hydroxylation is 1. The van der Waals surface area contributed by atoms with E-state index in [1.54, 1.807) is 11.3 Å². The molecular weight excluding hydrogens is 308 g/mol. The summed E-state index contributed by atoms with van der Waals surface area (Å²) in [5, 5.41) is 5.58. The number of rotatable bonds is 6. The fourth-order valence-corrected chi connectivity index (χ4v) is 3.18. The van der Waals surface area contributed by atoms with Gasteiger partial charge in [-0.2, -0.15) is 0 Å². The molecule has 0 radical (unpaired) electrons. The number of halogens is 1. The van der Waals surface area contributed by atoms with Crippen molar-refractivity contribution in [3.05, 3.63) is 50.6 Å². The van der Waals surface area contributed by atoms with E-state index in [9.17, 15) is 0 Å². The molecule has 4 heteroatoms. The molecule has 0 saturated carbocycles. The lowest BCUT2D eigenvalue weighted by Crippen LogP contribution is -2.14. The first-order valence-electron chi connectivity index (χ1n) is 6.02. The summed E-state index contributed by atoms with van der Waals surface area (Å²) in [5.41, 5.74) is 7.84. The second-order valence-corrected chi connectivity index (χ2v) is 6.16. The number of nitrogens with one attached hydrogen (secondary N) is 1. The molecule has 0 spiro atoms. The smallest absolute Gasteiger partial charge is 0.0314 e. The van der Waals surface area contributed by atoms with Crippen LogP contribution >= 0.6 is 27.3 Å². The van der Waals surface area contributed by atoms with Gasteiger partial charge in [0.15, 0.2) is 0 Å². The van der Waals surface area contributed by atoms with Crippen LogP contribution in [0.4, 0.5) is 5.69 Å². The van der Waals surface area contributed by atoms with Crippen molar-refractivity contribution in [2.24, 2.45) is 0 Å². The first-order valence-corrected chi connectivity index (χ1v) is 7.69. The standard InChI is InChI=1S/C14H17BrN2S/c15-12-8-14(18-10-12)9-17-7-1-2-11-3-5-13(16)6-4-11/h3-6,8,10,17H,1-2,7,9,16H2. The van der Waals surface area contributed by atoms with Gasteiger partial charge in [0.05, 0.1) is 0 Å². The molecule has 0 amide bonds. The molecule has 2 nitrogen and oxygen atoms in total. The Bertz CT molecular complexity index is 479. The maximum absolute atomic E-state index is 5.65. The number of thiophene rings is 1. The quantitative estimate of drug-likeness (QED) is 0.626. The van der Waals surface area contributed by atoms with E-state index in [1.165, 1.54) is 14.9 Å².